The fourth-order valence-electron chi connectivity index (χ4n) is 2.80. The van der Waals surface area contributed by atoms with Crippen LogP contribution in [0.2, 0.25) is 0 Å². The van der Waals surface area contributed by atoms with Crippen LogP contribution in [0.5, 0.6) is 5.75 Å². The van der Waals surface area contributed by atoms with Crippen molar-refractivity contribution in [3.8, 4) is 5.75 Å². The van der Waals surface area contributed by atoms with E-state index >= 15 is 0 Å². The molecule has 1 saturated heterocycles. The number of likely N-dealkylation sites (tertiary alicyclic amines) is 1. The number of aryl methyl sites for hydroxylation is 1. The molecule has 1 amide bonds. The molecule has 1 aromatic carbocycles. The Hall–Kier alpha value is -1.91. The number of hydrogen-bond donors (Lipinski definition) is 1. The summed E-state index contributed by atoms with van der Waals surface area (Å²) in [5, 5.41) is 3.45. The summed E-state index contributed by atoms with van der Waals surface area (Å²) in [6.45, 7) is 9.24. The largest absolute Gasteiger partial charge is 0.497 e. The van der Waals surface area contributed by atoms with Crippen LogP contribution in [0.15, 0.2) is 18.2 Å². The van der Waals surface area contributed by atoms with Crippen LogP contribution in [-0.2, 0) is 4.74 Å². The first-order valence-corrected chi connectivity index (χ1v) is 8.18. The maximum atomic E-state index is 12.3. The van der Waals surface area contributed by atoms with E-state index in [1.807, 2.05) is 50.8 Å². The molecule has 1 unspecified atom stereocenters. The van der Waals surface area contributed by atoms with Crippen molar-refractivity contribution in [1.82, 2.24) is 4.90 Å². The molecule has 23 heavy (non-hydrogen) atoms. The summed E-state index contributed by atoms with van der Waals surface area (Å²) in [7, 11) is 1.67. The number of carbonyl (C=O) groups excluding carboxylic acids is 1. The van der Waals surface area contributed by atoms with Crippen LogP contribution in [0.4, 0.5) is 10.5 Å². The first-order valence-electron chi connectivity index (χ1n) is 8.18. The van der Waals surface area contributed by atoms with Crippen molar-refractivity contribution in [2.75, 3.05) is 25.5 Å². The Balaban J connectivity index is 1.95. The summed E-state index contributed by atoms with van der Waals surface area (Å²) in [5.41, 5.74) is 1.75. The van der Waals surface area contributed by atoms with Gasteiger partial charge in [0.15, 0.2) is 0 Å². The molecule has 0 spiro atoms. The van der Waals surface area contributed by atoms with Crippen LogP contribution >= 0.6 is 0 Å². The van der Waals surface area contributed by atoms with Gasteiger partial charge in [-0.1, -0.05) is 0 Å². The number of rotatable bonds is 4. The molecular formula is C18H28N2O3. The number of anilines is 1. The SMILES string of the molecule is COc1ccc(NCC2CCCN2C(=O)OC(C)(C)C)c(C)c1. The number of nitrogens with zero attached hydrogens (tertiary/aromatic N) is 1. The van der Waals surface area contributed by atoms with Crippen molar-refractivity contribution in [2.45, 2.75) is 52.2 Å². The molecule has 0 bridgehead atoms. The van der Waals surface area contributed by atoms with Gasteiger partial charge < -0.3 is 19.7 Å². The molecule has 1 heterocycles. The molecule has 1 aromatic rings. The number of benzene rings is 1. The molecule has 0 radical (unpaired) electrons. The average Bonchev–Trinajstić information content (AvgIpc) is 2.92. The third-order valence-electron chi connectivity index (χ3n) is 3.97. The molecule has 1 fully saturated rings. The summed E-state index contributed by atoms with van der Waals surface area (Å²) in [5.74, 6) is 0.851. The molecule has 1 aliphatic rings. The molecule has 0 aliphatic carbocycles. The summed E-state index contributed by atoms with van der Waals surface area (Å²) < 4.78 is 10.7. The predicted octanol–water partition coefficient (Wildman–Crippen LogP) is 3.82. The van der Waals surface area contributed by atoms with Gasteiger partial charge in [-0.15, -0.1) is 0 Å². The Kier molecular flexibility index (Phi) is 5.39. The van der Waals surface area contributed by atoms with E-state index in [9.17, 15) is 4.79 Å². The van der Waals surface area contributed by atoms with E-state index in [2.05, 4.69) is 5.32 Å². The fraction of sp³-hybridized carbons (Fsp3) is 0.611. The van der Waals surface area contributed by atoms with E-state index in [4.69, 9.17) is 9.47 Å². The minimum Gasteiger partial charge on any atom is -0.497 e. The normalized spacial score (nSPS) is 18.0. The van der Waals surface area contributed by atoms with Gasteiger partial charge in [-0.25, -0.2) is 4.79 Å². The van der Waals surface area contributed by atoms with E-state index in [1.165, 1.54) is 0 Å². The molecule has 1 N–H and O–H groups in total. The Morgan fingerprint density at radius 3 is 2.74 bits per heavy atom. The van der Waals surface area contributed by atoms with E-state index < -0.39 is 5.60 Å². The van der Waals surface area contributed by atoms with Crippen LogP contribution in [0, 0.1) is 6.92 Å². The standard InChI is InChI=1S/C18H28N2O3/c1-13-11-15(22-5)8-9-16(13)19-12-14-7-6-10-20(14)17(21)23-18(2,3)4/h8-9,11,14,19H,6-7,10,12H2,1-5H3. The zero-order valence-electron chi connectivity index (χ0n) is 14.8. The zero-order chi connectivity index (χ0) is 17.0. The van der Waals surface area contributed by atoms with Gasteiger partial charge in [0.05, 0.1) is 13.2 Å². The second kappa shape index (κ2) is 7.11. The van der Waals surface area contributed by atoms with Gasteiger partial charge in [-0.3, -0.25) is 0 Å². The fourth-order valence-corrected chi connectivity index (χ4v) is 2.80. The highest BCUT2D eigenvalue weighted by Gasteiger charge is 2.31. The van der Waals surface area contributed by atoms with Gasteiger partial charge in [0, 0.05) is 18.8 Å². The summed E-state index contributed by atoms with van der Waals surface area (Å²) in [4.78, 5) is 14.1. The Morgan fingerprint density at radius 2 is 2.13 bits per heavy atom. The first kappa shape index (κ1) is 17.4. The van der Waals surface area contributed by atoms with Crippen molar-refractivity contribution in [3.05, 3.63) is 23.8 Å². The minimum absolute atomic E-state index is 0.173. The van der Waals surface area contributed by atoms with Crippen molar-refractivity contribution >= 4 is 11.8 Å². The van der Waals surface area contributed by atoms with Crippen LogP contribution in [0.25, 0.3) is 0 Å². The van der Waals surface area contributed by atoms with Crippen LogP contribution in [0.1, 0.15) is 39.2 Å². The monoisotopic (exact) mass is 320 g/mol. The number of hydrogen-bond acceptors (Lipinski definition) is 4. The number of carbonyl (C=O) groups is 1. The molecule has 5 nitrogen and oxygen atoms in total. The maximum Gasteiger partial charge on any atom is 0.410 e. The third kappa shape index (κ3) is 4.78. The van der Waals surface area contributed by atoms with Gasteiger partial charge in [-0.2, -0.15) is 0 Å². The quantitative estimate of drug-likeness (QED) is 0.916. The van der Waals surface area contributed by atoms with Crippen LogP contribution < -0.4 is 10.1 Å². The van der Waals surface area contributed by atoms with Gasteiger partial charge in [-0.05, 0) is 64.3 Å². The molecule has 2 rings (SSSR count). The maximum absolute atomic E-state index is 12.3. The van der Waals surface area contributed by atoms with E-state index in [0.29, 0.717) is 0 Å². The molecule has 5 heteroatoms. The van der Waals surface area contributed by atoms with Crippen LogP contribution in [0.3, 0.4) is 0 Å². The average molecular weight is 320 g/mol. The Morgan fingerprint density at radius 1 is 1.39 bits per heavy atom. The van der Waals surface area contributed by atoms with Crippen LogP contribution in [-0.4, -0.2) is 42.8 Å². The van der Waals surface area contributed by atoms with E-state index in [-0.39, 0.29) is 12.1 Å². The zero-order valence-corrected chi connectivity index (χ0v) is 14.8. The van der Waals surface area contributed by atoms with E-state index in [0.717, 1.165) is 42.9 Å². The van der Waals surface area contributed by atoms with Gasteiger partial charge in [0.25, 0.3) is 0 Å². The summed E-state index contributed by atoms with van der Waals surface area (Å²) in [6.07, 6.45) is 1.81. The highest BCUT2D eigenvalue weighted by molar-refractivity contribution is 5.69. The van der Waals surface area contributed by atoms with Crippen molar-refractivity contribution in [3.63, 3.8) is 0 Å². The van der Waals surface area contributed by atoms with E-state index in [1.54, 1.807) is 7.11 Å². The molecular weight excluding hydrogens is 292 g/mol. The van der Waals surface area contributed by atoms with Gasteiger partial charge >= 0.3 is 6.09 Å². The number of methoxy groups -OCH3 is 1. The van der Waals surface area contributed by atoms with Crippen molar-refractivity contribution < 1.29 is 14.3 Å². The van der Waals surface area contributed by atoms with Crippen molar-refractivity contribution in [2.24, 2.45) is 0 Å². The lowest BCUT2D eigenvalue weighted by Gasteiger charge is -2.29. The smallest absolute Gasteiger partial charge is 0.410 e. The highest BCUT2D eigenvalue weighted by Crippen LogP contribution is 2.24. The molecule has 0 saturated carbocycles. The first-order chi connectivity index (χ1) is 10.8. The Bertz CT molecular complexity index is 552. The second-order valence-corrected chi connectivity index (χ2v) is 7.03. The molecule has 1 aliphatic heterocycles. The number of ether oxygens (including phenoxy) is 2. The minimum atomic E-state index is -0.454. The lowest BCUT2D eigenvalue weighted by molar-refractivity contribution is 0.0235. The topological polar surface area (TPSA) is 50.8 Å². The number of amides is 1. The summed E-state index contributed by atoms with van der Waals surface area (Å²) in [6, 6.07) is 6.13. The molecule has 128 valence electrons. The van der Waals surface area contributed by atoms with Gasteiger partial charge in [0.1, 0.15) is 11.4 Å². The Labute approximate surface area is 139 Å². The van der Waals surface area contributed by atoms with Crippen molar-refractivity contribution in [1.29, 1.82) is 0 Å². The lowest BCUT2D eigenvalue weighted by atomic mass is 10.1. The summed E-state index contributed by atoms with van der Waals surface area (Å²) >= 11 is 0. The predicted molar refractivity (Wildman–Crippen MR) is 92.2 cm³/mol. The highest BCUT2D eigenvalue weighted by atomic mass is 16.6. The lowest BCUT2D eigenvalue weighted by Crippen LogP contribution is -2.42. The molecule has 1 atom stereocenters. The number of nitrogens with one attached hydrogen (secondary N) is 1. The van der Waals surface area contributed by atoms with Gasteiger partial charge in [0.2, 0.25) is 0 Å². The third-order valence-corrected chi connectivity index (χ3v) is 3.97. The molecule has 0 aromatic heterocycles. The second-order valence-electron chi connectivity index (χ2n) is 7.03.